The number of pyridine rings is 2. The molecule has 0 bridgehead atoms. The number of hydrogen-bond donors (Lipinski definition) is 2. The van der Waals surface area contributed by atoms with Gasteiger partial charge in [-0.05, 0) is 67.9 Å². The average molecular weight is 617 g/mol. The summed E-state index contributed by atoms with van der Waals surface area (Å²) in [5, 5.41) is 14.1. The fraction of sp³-hybridized carbons (Fsp3) is 0.156. The largest absolute Gasteiger partial charge is 0.487 e. The Bertz CT molecular complexity index is 1930. The van der Waals surface area contributed by atoms with Crippen LogP contribution in [0.3, 0.4) is 0 Å². The van der Waals surface area contributed by atoms with Crippen LogP contribution in [-0.2, 0) is 11.4 Å². The number of carbonyl (C=O) groups is 3. The van der Waals surface area contributed by atoms with Crippen molar-refractivity contribution in [3.8, 4) is 5.75 Å². The second-order valence-corrected chi connectivity index (χ2v) is 10.7. The van der Waals surface area contributed by atoms with Gasteiger partial charge in [-0.3, -0.25) is 9.59 Å². The normalized spacial score (nSPS) is 11.0. The van der Waals surface area contributed by atoms with Crippen molar-refractivity contribution >= 4 is 68.5 Å². The Labute approximate surface area is 257 Å². The van der Waals surface area contributed by atoms with Gasteiger partial charge in [0.05, 0.1) is 22.8 Å². The number of carboxylic acids is 1. The Hall–Kier alpha value is -4.73. The van der Waals surface area contributed by atoms with Crippen molar-refractivity contribution in [2.45, 2.75) is 20.5 Å². The van der Waals surface area contributed by atoms with Crippen molar-refractivity contribution in [2.24, 2.45) is 0 Å². The molecular weight excluding hydrogens is 591 g/mol. The smallest absolute Gasteiger partial charge is 0.354 e. The maximum Gasteiger partial charge on any atom is 0.354 e. The minimum atomic E-state index is -1.12. The molecule has 0 atom stereocenters. The zero-order chi connectivity index (χ0) is 30.8. The van der Waals surface area contributed by atoms with E-state index >= 15 is 0 Å². The number of amides is 2. The predicted octanol–water partition coefficient (Wildman–Crippen LogP) is 6.38. The number of likely N-dealkylation sites (N-methyl/N-ethyl adjacent to an activating group) is 1. The zero-order valence-corrected chi connectivity index (χ0v) is 25.0. The SMILES string of the molecule is Cc1ccc2cccc(OCc3c(Cl)ccc(N(C)C(=O)CNC(=O)c4ccc5nc(C(=O)O)c(C)cc5c4)c3Cl)c2n1. The molecule has 0 spiro atoms. The van der Waals surface area contributed by atoms with Crippen molar-refractivity contribution in [3.63, 3.8) is 0 Å². The highest BCUT2D eigenvalue weighted by Gasteiger charge is 2.20. The first-order valence-electron chi connectivity index (χ1n) is 13.2. The van der Waals surface area contributed by atoms with Crippen LogP contribution >= 0.6 is 23.2 Å². The Kier molecular flexibility index (Phi) is 8.47. The Morgan fingerprint density at radius 2 is 1.74 bits per heavy atom. The summed E-state index contributed by atoms with van der Waals surface area (Å²) < 4.78 is 6.08. The summed E-state index contributed by atoms with van der Waals surface area (Å²) in [7, 11) is 1.55. The van der Waals surface area contributed by atoms with Gasteiger partial charge in [0.1, 0.15) is 17.9 Å². The van der Waals surface area contributed by atoms with E-state index in [4.69, 9.17) is 27.9 Å². The maximum absolute atomic E-state index is 13.1. The molecule has 0 saturated heterocycles. The number of carbonyl (C=O) groups excluding carboxylic acids is 2. The minimum absolute atomic E-state index is 0.0449. The van der Waals surface area contributed by atoms with Crippen LogP contribution in [0.1, 0.15) is 37.7 Å². The van der Waals surface area contributed by atoms with Crippen LogP contribution in [0.2, 0.25) is 10.0 Å². The molecule has 43 heavy (non-hydrogen) atoms. The van der Waals surface area contributed by atoms with Gasteiger partial charge in [-0.25, -0.2) is 14.8 Å². The second kappa shape index (κ2) is 12.2. The second-order valence-electron chi connectivity index (χ2n) is 9.93. The molecule has 11 heteroatoms. The van der Waals surface area contributed by atoms with E-state index in [1.807, 2.05) is 37.3 Å². The number of nitrogens with one attached hydrogen (secondary N) is 1. The number of benzene rings is 3. The molecule has 0 saturated carbocycles. The molecule has 0 fully saturated rings. The van der Waals surface area contributed by atoms with E-state index in [9.17, 15) is 19.5 Å². The summed E-state index contributed by atoms with van der Waals surface area (Å²) in [5.74, 6) is -1.43. The van der Waals surface area contributed by atoms with Gasteiger partial charge in [0.2, 0.25) is 5.91 Å². The number of halogens is 2. The fourth-order valence-corrected chi connectivity index (χ4v) is 5.22. The summed E-state index contributed by atoms with van der Waals surface area (Å²) >= 11 is 13.2. The minimum Gasteiger partial charge on any atom is -0.487 e. The summed E-state index contributed by atoms with van der Waals surface area (Å²) in [6.45, 7) is 3.29. The van der Waals surface area contributed by atoms with E-state index in [1.165, 1.54) is 11.0 Å². The molecule has 0 unspecified atom stereocenters. The Morgan fingerprint density at radius 1 is 0.953 bits per heavy atom. The first-order valence-corrected chi connectivity index (χ1v) is 13.9. The molecular formula is C32H26Cl2N4O5. The number of aromatic nitrogens is 2. The first-order chi connectivity index (χ1) is 20.5. The van der Waals surface area contributed by atoms with Gasteiger partial charge in [-0.1, -0.05) is 41.4 Å². The number of anilines is 1. The molecule has 9 nitrogen and oxygen atoms in total. The predicted molar refractivity (Wildman–Crippen MR) is 166 cm³/mol. The monoisotopic (exact) mass is 616 g/mol. The average Bonchev–Trinajstić information content (AvgIpc) is 2.98. The fourth-order valence-electron chi connectivity index (χ4n) is 4.61. The van der Waals surface area contributed by atoms with Gasteiger partial charge >= 0.3 is 5.97 Å². The number of ether oxygens (including phenoxy) is 1. The van der Waals surface area contributed by atoms with Gasteiger partial charge in [-0.15, -0.1) is 0 Å². The highest BCUT2D eigenvalue weighted by atomic mass is 35.5. The molecule has 5 aromatic rings. The van der Waals surface area contributed by atoms with E-state index < -0.39 is 17.8 Å². The topological polar surface area (TPSA) is 122 Å². The molecule has 0 radical (unpaired) electrons. The van der Waals surface area contributed by atoms with E-state index in [1.54, 1.807) is 44.3 Å². The molecule has 5 rings (SSSR count). The van der Waals surface area contributed by atoms with E-state index in [0.717, 1.165) is 16.6 Å². The lowest BCUT2D eigenvalue weighted by Crippen LogP contribution is -2.38. The third-order valence-corrected chi connectivity index (χ3v) is 7.74. The van der Waals surface area contributed by atoms with Crippen molar-refractivity contribution in [1.82, 2.24) is 15.3 Å². The number of hydrogen-bond acceptors (Lipinski definition) is 6. The number of para-hydroxylation sites is 1. The van der Waals surface area contributed by atoms with E-state index in [-0.39, 0.29) is 23.9 Å². The Morgan fingerprint density at radius 3 is 2.51 bits per heavy atom. The van der Waals surface area contributed by atoms with Crippen molar-refractivity contribution in [3.05, 3.63) is 105 Å². The highest BCUT2D eigenvalue weighted by Crippen LogP contribution is 2.35. The molecule has 0 aliphatic heterocycles. The lowest BCUT2D eigenvalue weighted by molar-refractivity contribution is -0.117. The Balaban J connectivity index is 1.28. The molecule has 2 heterocycles. The zero-order valence-electron chi connectivity index (χ0n) is 23.4. The summed E-state index contributed by atoms with van der Waals surface area (Å²) in [4.78, 5) is 47.3. The lowest BCUT2D eigenvalue weighted by atomic mass is 10.1. The lowest BCUT2D eigenvalue weighted by Gasteiger charge is -2.21. The summed E-state index contributed by atoms with van der Waals surface area (Å²) in [5.41, 5.74) is 3.65. The molecule has 0 aliphatic carbocycles. The molecule has 0 aliphatic rings. The number of aromatic carboxylic acids is 1. The van der Waals surface area contributed by atoms with Gasteiger partial charge < -0.3 is 20.1 Å². The van der Waals surface area contributed by atoms with Gasteiger partial charge in [0, 0.05) is 39.7 Å². The quantitative estimate of drug-likeness (QED) is 0.207. The van der Waals surface area contributed by atoms with Gasteiger partial charge in [0.25, 0.3) is 5.91 Å². The van der Waals surface area contributed by atoms with Crippen LogP contribution in [0.4, 0.5) is 5.69 Å². The third-order valence-electron chi connectivity index (χ3n) is 6.97. The first kappa shape index (κ1) is 29.8. The molecule has 3 aromatic carbocycles. The van der Waals surface area contributed by atoms with E-state index in [2.05, 4.69) is 15.3 Å². The number of carboxylic acid groups (broad SMARTS) is 1. The maximum atomic E-state index is 13.1. The summed E-state index contributed by atoms with van der Waals surface area (Å²) in [6.07, 6.45) is 0. The van der Waals surface area contributed by atoms with Crippen LogP contribution in [0.25, 0.3) is 21.8 Å². The standard InChI is InChI=1S/C32H26Cl2N4O5/c1-17-13-21-14-20(9-11-24(21)37-29(17)32(41)42)31(40)35-15-27(39)38(3)25-12-10-23(33)22(28(25)34)16-43-26-6-4-5-19-8-7-18(2)36-30(19)26/h4-14H,15-16H2,1-3H3,(H,35,40)(H,41,42). The molecule has 2 aromatic heterocycles. The van der Waals surface area contributed by atoms with Crippen LogP contribution in [0.5, 0.6) is 5.75 Å². The highest BCUT2D eigenvalue weighted by molar-refractivity contribution is 6.38. The molecule has 218 valence electrons. The third kappa shape index (κ3) is 6.23. The van der Waals surface area contributed by atoms with Crippen LogP contribution in [0.15, 0.2) is 66.7 Å². The summed E-state index contributed by atoms with van der Waals surface area (Å²) in [6, 6.07) is 19.1. The number of aryl methyl sites for hydroxylation is 2. The van der Waals surface area contributed by atoms with Crippen molar-refractivity contribution < 1.29 is 24.2 Å². The number of nitrogens with zero attached hydrogens (tertiary/aromatic N) is 3. The number of fused-ring (bicyclic) bond motifs is 2. The van der Waals surface area contributed by atoms with E-state index in [0.29, 0.717) is 44.1 Å². The molecule has 2 amide bonds. The number of rotatable bonds is 8. The van der Waals surface area contributed by atoms with Crippen LogP contribution in [0, 0.1) is 13.8 Å². The van der Waals surface area contributed by atoms with Crippen molar-refractivity contribution in [2.75, 3.05) is 18.5 Å². The van der Waals surface area contributed by atoms with Crippen LogP contribution in [-0.4, -0.2) is 46.5 Å². The van der Waals surface area contributed by atoms with Gasteiger partial charge in [-0.2, -0.15) is 0 Å². The van der Waals surface area contributed by atoms with Crippen LogP contribution < -0.4 is 15.0 Å². The van der Waals surface area contributed by atoms with Gasteiger partial charge in [0.15, 0.2) is 5.69 Å². The molecule has 2 N–H and O–H groups in total. The van der Waals surface area contributed by atoms with Crippen molar-refractivity contribution in [1.29, 1.82) is 0 Å².